The third-order valence-corrected chi connectivity index (χ3v) is 2.27. The number of methoxy groups -OCH3 is 1. The molecule has 0 aliphatic carbocycles. The first-order valence-corrected chi connectivity index (χ1v) is 5.37. The fourth-order valence-corrected chi connectivity index (χ4v) is 1.31. The zero-order valence-corrected chi connectivity index (χ0v) is 10.2. The van der Waals surface area contributed by atoms with E-state index in [1.165, 1.54) is 5.56 Å². The molecule has 5 heteroatoms. The van der Waals surface area contributed by atoms with Crippen molar-refractivity contribution in [1.29, 1.82) is 0 Å². The van der Waals surface area contributed by atoms with Crippen molar-refractivity contribution in [1.82, 2.24) is 0 Å². The molecule has 17 heavy (non-hydrogen) atoms. The topological polar surface area (TPSA) is 86.0 Å². The minimum Gasteiger partial charge on any atom is -0.497 e. The molecule has 1 rings (SSSR count). The Kier molecular flexibility index (Phi) is 5.00. The summed E-state index contributed by atoms with van der Waals surface area (Å²) >= 11 is 0. The highest BCUT2D eigenvalue weighted by molar-refractivity contribution is 5.83. The third-order valence-electron chi connectivity index (χ3n) is 2.27. The summed E-state index contributed by atoms with van der Waals surface area (Å²) in [5, 5.41) is 7.51. The number of ether oxygens (including phenoxy) is 1. The van der Waals surface area contributed by atoms with Gasteiger partial charge >= 0.3 is 0 Å². The molecule has 0 saturated carbocycles. The molecule has 0 radical (unpaired) electrons. The largest absolute Gasteiger partial charge is 0.497 e. The molecule has 1 aromatic carbocycles. The SMILES string of the molecule is COc1ccc(CC/C(C)=N/N=C(N)N)cc1. The molecule has 0 unspecified atom stereocenters. The smallest absolute Gasteiger partial charge is 0.211 e. The Labute approximate surface area is 101 Å². The molecule has 5 nitrogen and oxygen atoms in total. The number of benzene rings is 1. The highest BCUT2D eigenvalue weighted by Gasteiger charge is 1.97. The molecule has 0 aromatic heterocycles. The van der Waals surface area contributed by atoms with Crippen LogP contribution in [0, 0.1) is 0 Å². The van der Waals surface area contributed by atoms with Crippen LogP contribution in [0.3, 0.4) is 0 Å². The average molecular weight is 234 g/mol. The van der Waals surface area contributed by atoms with Gasteiger partial charge in [-0.1, -0.05) is 12.1 Å². The highest BCUT2D eigenvalue weighted by Crippen LogP contribution is 2.12. The molecule has 0 bridgehead atoms. The summed E-state index contributed by atoms with van der Waals surface area (Å²) in [6, 6.07) is 7.95. The predicted molar refractivity (Wildman–Crippen MR) is 70.2 cm³/mol. The Hall–Kier alpha value is -2.04. The van der Waals surface area contributed by atoms with E-state index in [0.29, 0.717) is 0 Å². The normalized spacial score (nSPS) is 11.1. The quantitative estimate of drug-likeness (QED) is 0.457. The standard InChI is InChI=1S/C12H18N4O/c1-9(15-16-12(13)14)3-4-10-5-7-11(17-2)8-6-10/h5-8H,3-4H2,1-2H3,(H4,13,14,16)/b15-9+. The first kappa shape index (κ1) is 13.0. The van der Waals surface area contributed by atoms with Crippen LogP contribution in [0.1, 0.15) is 18.9 Å². The Morgan fingerprint density at radius 2 is 1.82 bits per heavy atom. The lowest BCUT2D eigenvalue weighted by atomic mass is 10.1. The number of hydrogen-bond donors (Lipinski definition) is 2. The van der Waals surface area contributed by atoms with Gasteiger partial charge in [0.1, 0.15) is 5.75 Å². The third kappa shape index (κ3) is 5.01. The monoisotopic (exact) mass is 234 g/mol. The minimum atomic E-state index is -0.0196. The van der Waals surface area contributed by atoms with Crippen LogP contribution >= 0.6 is 0 Å². The number of nitrogens with zero attached hydrogens (tertiary/aromatic N) is 2. The van der Waals surface area contributed by atoms with Crippen LogP contribution in [0.4, 0.5) is 0 Å². The van der Waals surface area contributed by atoms with Gasteiger partial charge in [0.15, 0.2) is 0 Å². The summed E-state index contributed by atoms with van der Waals surface area (Å²) in [5.74, 6) is 0.841. The molecule has 92 valence electrons. The molecule has 0 fully saturated rings. The molecule has 4 N–H and O–H groups in total. The molecule has 0 heterocycles. The number of hydrogen-bond acceptors (Lipinski definition) is 3. The van der Waals surface area contributed by atoms with E-state index in [1.807, 2.05) is 31.2 Å². The molecule has 0 atom stereocenters. The Morgan fingerprint density at radius 1 is 1.18 bits per heavy atom. The van der Waals surface area contributed by atoms with E-state index in [1.54, 1.807) is 7.11 Å². The first-order valence-electron chi connectivity index (χ1n) is 5.37. The first-order chi connectivity index (χ1) is 8.11. The Morgan fingerprint density at radius 3 is 2.35 bits per heavy atom. The number of nitrogens with two attached hydrogens (primary N) is 2. The summed E-state index contributed by atoms with van der Waals surface area (Å²) < 4.78 is 5.09. The lowest BCUT2D eigenvalue weighted by molar-refractivity contribution is 0.414. The fraction of sp³-hybridized carbons (Fsp3) is 0.333. The van der Waals surface area contributed by atoms with Crippen molar-refractivity contribution in [2.24, 2.45) is 21.7 Å². The molecular weight excluding hydrogens is 216 g/mol. The maximum absolute atomic E-state index is 5.19. The van der Waals surface area contributed by atoms with Crippen LogP contribution in [0.2, 0.25) is 0 Å². The maximum atomic E-state index is 5.19. The second kappa shape index (κ2) is 6.52. The molecule has 0 saturated heterocycles. The lowest BCUT2D eigenvalue weighted by Crippen LogP contribution is -2.22. The summed E-state index contributed by atoms with van der Waals surface area (Å²) in [5.41, 5.74) is 12.5. The van der Waals surface area contributed by atoms with E-state index in [-0.39, 0.29) is 5.96 Å². The van der Waals surface area contributed by atoms with E-state index in [0.717, 1.165) is 24.3 Å². The van der Waals surface area contributed by atoms with E-state index >= 15 is 0 Å². The maximum Gasteiger partial charge on any atom is 0.211 e. The van der Waals surface area contributed by atoms with Crippen LogP contribution in [0.15, 0.2) is 34.5 Å². The van der Waals surface area contributed by atoms with Crippen molar-refractivity contribution >= 4 is 11.7 Å². The summed E-state index contributed by atoms with van der Waals surface area (Å²) in [7, 11) is 1.65. The van der Waals surface area contributed by atoms with Gasteiger partial charge in [0.25, 0.3) is 0 Å². The number of aryl methyl sites for hydroxylation is 1. The zero-order chi connectivity index (χ0) is 12.7. The molecule has 0 amide bonds. The van der Waals surface area contributed by atoms with Gasteiger partial charge in [-0.15, -0.1) is 5.10 Å². The second-order valence-corrected chi connectivity index (χ2v) is 3.71. The second-order valence-electron chi connectivity index (χ2n) is 3.71. The van der Waals surface area contributed by atoms with Gasteiger partial charge in [-0.25, -0.2) is 0 Å². The van der Waals surface area contributed by atoms with E-state index in [9.17, 15) is 0 Å². The van der Waals surface area contributed by atoms with Crippen LogP contribution < -0.4 is 16.2 Å². The molecular formula is C12H18N4O. The van der Waals surface area contributed by atoms with Crippen LogP contribution in [0.25, 0.3) is 0 Å². The molecule has 0 aliphatic heterocycles. The van der Waals surface area contributed by atoms with Crippen molar-refractivity contribution < 1.29 is 4.74 Å². The predicted octanol–water partition coefficient (Wildman–Crippen LogP) is 1.28. The molecule has 1 aromatic rings. The zero-order valence-electron chi connectivity index (χ0n) is 10.2. The lowest BCUT2D eigenvalue weighted by Gasteiger charge is -2.03. The van der Waals surface area contributed by atoms with Gasteiger partial charge < -0.3 is 16.2 Å². The van der Waals surface area contributed by atoms with Crippen molar-refractivity contribution in [2.45, 2.75) is 19.8 Å². The van der Waals surface area contributed by atoms with Crippen LogP contribution in [-0.2, 0) is 6.42 Å². The van der Waals surface area contributed by atoms with Gasteiger partial charge in [-0.2, -0.15) is 5.10 Å². The van der Waals surface area contributed by atoms with Crippen LogP contribution in [-0.4, -0.2) is 18.8 Å². The average Bonchev–Trinajstić information content (AvgIpc) is 2.34. The summed E-state index contributed by atoms with van der Waals surface area (Å²) in [4.78, 5) is 0. The van der Waals surface area contributed by atoms with Gasteiger partial charge in [0, 0.05) is 5.71 Å². The van der Waals surface area contributed by atoms with Gasteiger partial charge in [0.2, 0.25) is 5.96 Å². The van der Waals surface area contributed by atoms with Gasteiger partial charge in [0.05, 0.1) is 7.11 Å². The molecule has 0 aliphatic rings. The van der Waals surface area contributed by atoms with Crippen molar-refractivity contribution in [3.63, 3.8) is 0 Å². The van der Waals surface area contributed by atoms with Gasteiger partial charge in [-0.3, -0.25) is 0 Å². The Bertz CT molecular complexity index is 405. The summed E-state index contributed by atoms with van der Waals surface area (Å²) in [6.07, 6.45) is 1.72. The van der Waals surface area contributed by atoms with E-state index in [4.69, 9.17) is 16.2 Å². The van der Waals surface area contributed by atoms with Crippen molar-refractivity contribution in [3.8, 4) is 5.75 Å². The number of rotatable bonds is 5. The Balaban J connectivity index is 2.49. The molecule has 0 spiro atoms. The number of guanidine groups is 1. The fourth-order valence-electron chi connectivity index (χ4n) is 1.31. The van der Waals surface area contributed by atoms with Crippen molar-refractivity contribution in [2.75, 3.05) is 7.11 Å². The summed E-state index contributed by atoms with van der Waals surface area (Å²) in [6.45, 7) is 1.90. The van der Waals surface area contributed by atoms with Crippen molar-refractivity contribution in [3.05, 3.63) is 29.8 Å². The van der Waals surface area contributed by atoms with E-state index in [2.05, 4.69) is 10.2 Å². The highest BCUT2D eigenvalue weighted by atomic mass is 16.5. The van der Waals surface area contributed by atoms with Crippen LogP contribution in [0.5, 0.6) is 5.75 Å². The van der Waals surface area contributed by atoms with Gasteiger partial charge in [-0.05, 0) is 37.5 Å². The van der Waals surface area contributed by atoms with E-state index < -0.39 is 0 Å². The minimum absolute atomic E-state index is 0.0196.